The molecular weight excluding hydrogens is 374 g/mol. The smallest absolute Gasteiger partial charge is 0.258 e. The van der Waals surface area contributed by atoms with Gasteiger partial charge in [0.05, 0.1) is 5.52 Å². The molecule has 0 saturated carbocycles. The van der Waals surface area contributed by atoms with Gasteiger partial charge in [0.15, 0.2) is 0 Å². The molecule has 6 nitrogen and oxygen atoms in total. The van der Waals surface area contributed by atoms with Crippen LogP contribution in [0.3, 0.4) is 0 Å². The Morgan fingerprint density at radius 1 is 1.18 bits per heavy atom. The molecule has 0 saturated heterocycles. The van der Waals surface area contributed by atoms with Crippen LogP contribution in [0.15, 0.2) is 47.1 Å². The number of nitrogens with zero attached hydrogens (tertiary/aromatic N) is 4. The van der Waals surface area contributed by atoms with Crippen molar-refractivity contribution >= 4 is 23.3 Å². The van der Waals surface area contributed by atoms with Crippen LogP contribution in [0.4, 0.5) is 0 Å². The third-order valence-corrected chi connectivity index (χ3v) is 5.11. The molecule has 28 heavy (non-hydrogen) atoms. The third-order valence-electron chi connectivity index (χ3n) is 5.11. The van der Waals surface area contributed by atoms with Crippen LogP contribution < -0.4 is 5.32 Å². The van der Waals surface area contributed by atoms with Gasteiger partial charge in [-0.1, -0.05) is 23.4 Å². The van der Waals surface area contributed by atoms with Gasteiger partial charge in [-0.05, 0) is 56.1 Å². The summed E-state index contributed by atoms with van der Waals surface area (Å²) >= 11 is 0. The molecule has 3 heterocycles. The Hall–Kier alpha value is -2.70. The quantitative estimate of drug-likeness (QED) is 0.556. The summed E-state index contributed by atoms with van der Waals surface area (Å²) in [7, 11) is 0. The molecule has 4 aromatic rings. The first-order chi connectivity index (χ1) is 13.2. The Balaban J connectivity index is 0.00000192. The lowest BCUT2D eigenvalue weighted by atomic mass is 9.95. The second-order valence-electron chi connectivity index (χ2n) is 7.27. The summed E-state index contributed by atoms with van der Waals surface area (Å²) in [4.78, 5) is 4.68. The van der Waals surface area contributed by atoms with E-state index in [1.165, 1.54) is 11.1 Å². The van der Waals surface area contributed by atoms with Crippen molar-refractivity contribution in [1.82, 2.24) is 25.2 Å². The zero-order valence-electron chi connectivity index (χ0n) is 15.8. The number of benzene rings is 2. The average molecular weight is 396 g/mol. The molecule has 0 aliphatic carbocycles. The lowest BCUT2D eigenvalue weighted by Gasteiger charge is -2.18. The van der Waals surface area contributed by atoms with Crippen LogP contribution in [-0.4, -0.2) is 26.5 Å². The van der Waals surface area contributed by atoms with Crippen LogP contribution in [-0.2, 0) is 13.0 Å². The summed E-state index contributed by atoms with van der Waals surface area (Å²) < 4.78 is 7.57. The summed E-state index contributed by atoms with van der Waals surface area (Å²) in [5.41, 5.74) is 5.58. The van der Waals surface area contributed by atoms with E-state index in [1.54, 1.807) is 0 Å². The first kappa shape index (κ1) is 18.7. The second kappa shape index (κ2) is 7.37. The third kappa shape index (κ3) is 3.19. The molecule has 1 N–H and O–H groups in total. The molecular formula is C21H22ClN5O. The van der Waals surface area contributed by atoms with Crippen LogP contribution >= 0.6 is 12.4 Å². The molecule has 0 bridgehead atoms. The fraction of sp³-hybridized carbons (Fsp3) is 0.286. The number of rotatable bonds is 3. The highest BCUT2D eigenvalue weighted by Gasteiger charge is 2.18. The molecule has 0 atom stereocenters. The average Bonchev–Trinajstić information content (AvgIpc) is 3.34. The Bertz CT molecular complexity index is 1130. The SMILES string of the molecule is CC(C)n1cc2cc(-c3nc(-c4cccc5c4CCNC5)no3)ccc2n1.Cl. The standard InChI is InChI=1S/C21H21N5O.ClH/c1-13(2)26-12-16-10-14(6-7-19(16)24-26)21-23-20(25-27-21)18-5-3-4-15-11-22-9-8-17(15)18;/h3-7,10,12-13,22H,8-9,11H2,1-2H3;1H. The van der Waals surface area contributed by atoms with Crippen molar-refractivity contribution in [2.75, 3.05) is 6.54 Å². The van der Waals surface area contributed by atoms with Gasteiger partial charge in [0.2, 0.25) is 5.82 Å². The van der Waals surface area contributed by atoms with E-state index in [2.05, 4.69) is 64.9 Å². The molecule has 2 aromatic heterocycles. The minimum atomic E-state index is 0. The van der Waals surface area contributed by atoms with Gasteiger partial charge in [0, 0.05) is 35.3 Å². The van der Waals surface area contributed by atoms with Gasteiger partial charge in [-0.15, -0.1) is 12.4 Å². The molecule has 5 rings (SSSR count). The minimum Gasteiger partial charge on any atom is -0.334 e. The molecule has 1 aliphatic rings. The highest BCUT2D eigenvalue weighted by atomic mass is 35.5. The first-order valence-electron chi connectivity index (χ1n) is 9.34. The fourth-order valence-corrected chi connectivity index (χ4v) is 3.63. The van der Waals surface area contributed by atoms with Crippen molar-refractivity contribution in [2.45, 2.75) is 32.9 Å². The van der Waals surface area contributed by atoms with E-state index in [0.29, 0.717) is 17.8 Å². The maximum atomic E-state index is 5.60. The fourth-order valence-electron chi connectivity index (χ4n) is 3.63. The van der Waals surface area contributed by atoms with Crippen molar-refractivity contribution < 1.29 is 4.52 Å². The summed E-state index contributed by atoms with van der Waals surface area (Å²) in [5.74, 6) is 1.19. The van der Waals surface area contributed by atoms with Gasteiger partial charge >= 0.3 is 0 Å². The summed E-state index contributed by atoms with van der Waals surface area (Å²) in [6.45, 7) is 6.11. The van der Waals surface area contributed by atoms with E-state index in [-0.39, 0.29) is 12.4 Å². The van der Waals surface area contributed by atoms with Crippen LogP contribution in [0.5, 0.6) is 0 Å². The van der Waals surface area contributed by atoms with Gasteiger partial charge in [0.1, 0.15) is 0 Å². The first-order valence-corrected chi connectivity index (χ1v) is 9.34. The Labute approximate surface area is 169 Å². The maximum absolute atomic E-state index is 5.60. The van der Waals surface area contributed by atoms with E-state index >= 15 is 0 Å². The molecule has 2 aromatic carbocycles. The number of hydrogen-bond acceptors (Lipinski definition) is 5. The van der Waals surface area contributed by atoms with Gasteiger partial charge < -0.3 is 9.84 Å². The maximum Gasteiger partial charge on any atom is 0.258 e. The molecule has 0 unspecified atom stereocenters. The monoisotopic (exact) mass is 395 g/mol. The molecule has 144 valence electrons. The predicted molar refractivity (Wildman–Crippen MR) is 112 cm³/mol. The number of nitrogens with one attached hydrogen (secondary N) is 1. The molecule has 0 radical (unpaired) electrons. The normalized spacial score (nSPS) is 13.5. The number of fused-ring (bicyclic) bond motifs is 2. The minimum absolute atomic E-state index is 0. The lowest BCUT2D eigenvalue weighted by molar-refractivity contribution is 0.432. The molecule has 0 spiro atoms. The van der Waals surface area contributed by atoms with Crippen LogP contribution in [0, 0.1) is 0 Å². The van der Waals surface area contributed by atoms with E-state index in [4.69, 9.17) is 4.52 Å². The Morgan fingerprint density at radius 2 is 2.07 bits per heavy atom. The zero-order chi connectivity index (χ0) is 18.4. The van der Waals surface area contributed by atoms with E-state index in [1.807, 2.05) is 16.8 Å². The summed E-state index contributed by atoms with van der Waals surface area (Å²) in [6.07, 6.45) is 3.04. The number of aromatic nitrogens is 4. The van der Waals surface area contributed by atoms with Gasteiger partial charge in [-0.25, -0.2) is 0 Å². The molecule has 0 fully saturated rings. The van der Waals surface area contributed by atoms with E-state index in [0.717, 1.165) is 41.5 Å². The number of hydrogen-bond donors (Lipinski definition) is 1. The van der Waals surface area contributed by atoms with Crippen molar-refractivity contribution in [3.8, 4) is 22.8 Å². The zero-order valence-corrected chi connectivity index (χ0v) is 16.7. The lowest BCUT2D eigenvalue weighted by Crippen LogP contribution is -2.24. The van der Waals surface area contributed by atoms with Crippen molar-refractivity contribution in [1.29, 1.82) is 0 Å². The van der Waals surface area contributed by atoms with Crippen molar-refractivity contribution in [3.63, 3.8) is 0 Å². The van der Waals surface area contributed by atoms with Gasteiger partial charge in [0.25, 0.3) is 5.89 Å². The van der Waals surface area contributed by atoms with Crippen LogP contribution in [0.2, 0.25) is 0 Å². The highest BCUT2D eigenvalue weighted by Crippen LogP contribution is 2.29. The highest BCUT2D eigenvalue weighted by molar-refractivity contribution is 5.85. The van der Waals surface area contributed by atoms with E-state index in [9.17, 15) is 0 Å². The van der Waals surface area contributed by atoms with Crippen LogP contribution in [0.25, 0.3) is 33.7 Å². The topological polar surface area (TPSA) is 68.8 Å². The predicted octanol–water partition coefficient (Wildman–Crippen LogP) is 4.40. The van der Waals surface area contributed by atoms with Crippen LogP contribution in [0.1, 0.15) is 31.0 Å². The molecule has 1 aliphatic heterocycles. The largest absolute Gasteiger partial charge is 0.334 e. The molecule has 0 amide bonds. The van der Waals surface area contributed by atoms with Crippen molar-refractivity contribution in [3.05, 3.63) is 53.7 Å². The van der Waals surface area contributed by atoms with Gasteiger partial charge in [-0.2, -0.15) is 10.1 Å². The Kier molecular flexibility index (Phi) is 4.91. The Morgan fingerprint density at radius 3 is 2.93 bits per heavy atom. The molecule has 7 heteroatoms. The summed E-state index contributed by atoms with van der Waals surface area (Å²) in [6, 6.07) is 12.7. The second-order valence-corrected chi connectivity index (χ2v) is 7.27. The number of halogens is 1. The van der Waals surface area contributed by atoms with Crippen molar-refractivity contribution in [2.24, 2.45) is 0 Å². The van der Waals surface area contributed by atoms with Gasteiger partial charge in [-0.3, -0.25) is 4.68 Å². The van der Waals surface area contributed by atoms with E-state index < -0.39 is 0 Å². The summed E-state index contributed by atoms with van der Waals surface area (Å²) in [5, 5.41) is 13.3.